The second-order valence-electron chi connectivity index (χ2n) is 4.63. The summed E-state index contributed by atoms with van der Waals surface area (Å²) < 4.78 is 27.5. The lowest BCUT2D eigenvalue weighted by atomic mass is 10.1. The lowest BCUT2D eigenvalue weighted by Crippen LogP contribution is -2.28. The fourth-order valence-electron chi connectivity index (χ4n) is 2.08. The molecule has 0 fully saturated rings. The molecule has 0 bridgehead atoms. The van der Waals surface area contributed by atoms with Crippen LogP contribution >= 0.6 is 11.6 Å². The highest BCUT2D eigenvalue weighted by Gasteiger charge is 2.21. The maximum atomic E-state index is 12.4. The Balaban J connectivity index is 2.32. The highest BCUT2D eigenvalue weighted by atomic mass is 35.5. The van der Waals surface area contributed by atoms with Crippen molar-refractivity contribution < 1.29 is 13.5 Å². The van der Waals surface area contributed by atoms with E-state index in [1.54, 1.807) is 49.4 Å². The molecule has 0 saturated heterocycles. The number of halogens is 1. The molecule has 4 nitrogen and oxygen atoms in total. The molecule has 0 heterocycles. The van der Waals surface area contributed by atoms with Gasteiger partial charge in [-0.1, -0.05) is 48.0 Å². The van der Waals surface area contributed by atoms with Crippen molar-refractivity contribution in [2.45, 2.75) is 24.5 Å². The van der Waals surface area contributed by atoms with Crippen LogP contribution in [0.15, 0.2) is 53.4 Å². The van der Waals surface area contributed by atoms with Gasteiger partial charge in [-0.25, -0.2) is 13.1 Å². The number of rotatable bonds is 5. The van der Waals surface area contributed by atoms with Gasteiger partial charge in [-0.15, -0.1) is 0 Å². The van der Waals surface area contributed by atoms with Crippen molar-refractivity contribution in [3.8, 4) is 0 Å². The van der Waals surface area contributed by atoms with Crippen molar-refractivity contribution in [1.29, 1.82) is 0 Å². The van der Waals surface area contributed by atoms with Crippen LogP contribution in [-0.2, 0) is 16.6 Å². The third-order valence-electron chi connectivity index (χ3n) is 3.14. The van der Waals surface area contributed by atoms with E-state index in [-0.39, 0.29) is 11.5 Å². The minimum absolute atomic E-state index is 0.0754. The highest BCUT2D eigenvalue weighted by molar-refractivity contribution is 7.89. The molecule has 0 amide bonds. The molecule has 0 aliphatic heterocycles. The Morgan fingerprint density at radius 1 is 1.14 bits per heavy atom. The number of hydrogen-bond donors (Lipinski definition) is 2. The first-order valence-corrected chi connectivity index (χ1v) is 8.27. The molecule has 0 spiro atoms. The van der Waals surface area contributed by atoms with Crippen molar-refractivity contribution in [3.05, 3.63) is 64.7 Å². The standard InChI is InChI=1S/C15H16ClNO3S/c1-11(13-7-3-4-8-14(13)16)17-21(19,20)15-9-5-2-6-12(15)10-18/h2-9,11,17-18H,10H2,1H3. The second-order valence-corrected chi connectivity index (χ2v) is 6.72. The van der Waals surface area contributed by atoms with E-state index in [9.17, 15) is 13.5 Å². The molecule has 6 heteroatoms. The van der Waals surface area contributed by atoms with Crippen molar-refractivity contribution in [2.24, 2.45) is 0 Å². The lowest BCUT2D eigenvalue weighted by Gasteiger charge is -2.17. The molecule has 1 unspecified atom stereocenters. The predicted octanol–water partition coefficient (Wildman–Crippen LogP) is 2.87. The zero-order valence-electron chi connectivity index (χ0n) is 11.5. The van der Waals surface area contributed by atoms with Gasteiger partial charge in [0, 0.05) is 11.1 Å². The van der Waals surface area contributed by atoms with Crippen LogP contribution in [0.2, 0.25) is 5.02 Å². The van der Waals surface area contributed by atoms with Gasteiger partial charge >= 0.3 is 0 Å². The SMILES string of the molecule is CC(NS(=O)(=O)c1ccccc1CO)c1ccccc1Cl. The molecule has 0 saturated carbocycles. The van der Waals surface area contributed by atoms with Gasteiger partial charge in [0.1, 0.15) is 0 Å². The maximum Gasteiger partial charge on any atom is 0.241 e. The van der Waals surface area contributed by atoms with Gasteiger partial charge in [-0.3, -0.25) is 0 Å². The summed E-state index contributed by atoms with van der Waals surface area (Å²) in [5, 5.41) is 9.77. The Morgan fingerprint density at radius 2 is 1.76 bits per heavy atom. The Kier molecular flexibility index (Phi) is 5.00. The molecule has 21 heavy (non-hydrogen) atoms. The van der Waals surface area contributed by atoms with E-state index in [1.165, 1.54) is 6.07 Å². The fraction of sp³-hybridized carbons (Fsp3) is 0.200. The van der Waals surface area contributed by atoms with E-state index in [2.05, 4.69) is 4.72 Å². The summed E-state index contributed by atoms with van der Waals surface area (Å²) in [4.78, 5) is 0.0754. The average molecular weight is 326 g/mol. The molecule has 0 radical (unpaired) electrons. The smallest absolute Gasteiger partial charge is 0.241 e. The zero-order chi connectivity index (χ0) is 15.5. The van der Waals surface area contributed by atoms with Crippen LogP contribution in [0, 0.1) is 0 Å². The number of sulfonamides is 1. The van der Waals surface area contributed by atoms with Gasteiger partial charge in [0.2, 0.25) is 10.0 Å². The minimum atomic E-state index is -3.74. The topological polar surface area (TPSA) is 66.4 Å². The zero-order valence-corrected chi connectivity index (χ0v) is 13.0. The molecule has 0 aliphatic rings. The van der Waals surface area contributed by atoms with E-state index < -0.39 is 16.1 Å². The van der Waals surface area contributed by atoms with Crippen LogP contribution < -0.4 is 4.72 Å². The van der Waals surface area contributed by atoms with Crippen LogP contribution in [0.1, 0.15) is 24.1 Å². The first-order valence-electron chi connectivity index (χ1n) is 6.41. The van der Waals surface area contributed by atoms with Gasteiger partial charge in [0.05, 0.1) is 11.5 Å². The highest BCUT2D eigenvalue weighted by Crippen LogP contribution is 2.24. The Bertz CT molecular complexity index is 731. The third-order valence-corrected chi connectivity index (χ3v) is 5.12. The average Bonchev–Trinajstić information content (AvgIpc) is 2.47. The van der Waals surface area contributed by atoms with Gasteiger partial charge in [-0.2, -0.15) is 0 Å². The monoisotopic (exact) mass is 325 g/mol. The van der Waals surface area contributed by atoms with Crippen LogP contribution in [-0.4, -0.2) is 13.5 Å². The summed E-state index contributed by atoms with van der Waals surface area (Å²) >= 11 is 6.08. The number of aliphatic hydroxyl groups excluding tert-OH is 1. The molecule has 1 atom stereocenters. The molecule has 2 aromatic carbocycles. The van der Waals surface area contributed by atoms with Crippen LogP contribution in [0.25, 0.3) is 0 Å². The first kappa shape index (κ1) is 16.0. The predicted molar refractivity (Wildman–Crippen MR) is 82.6 cm³/mol. The van der Waals surface area contributed by atoms with Crippen LogP contribution in [0.3, 0.4) is 0 Å². The summed E-state index contributed by atoms with van der Waals surface area (Å²) in [6.45, 7) is 1.39. The Hall–Kier alpha value is -1.40. The summed E-state index contributed by atoms with van der Waals surface area (Å²) in [5.74, 6) is 0. The fourth-order valence-corrected chi connectivity index (χ4v) is 3.84. The number of hydrogen-bond acceptors (Lipinski definition) is 3. The third kappa shape index (κ3) is 3.63. The molecule has 2 rings (SSSR count). The van der Waals surface area contributed by atoms with Gasteiger partial charge in [-0.05, 0) is 30.2 Å². The van der Waals surface area contributed by atoms with E-state index in [0.29, 0.717) is 16.1 Å². The first-order chi connectivity index (χ1) is 9.95. The summed E-state index contributed by atoms with van der Waals surface area (Å²) in [6.07, 6.45) is 0. The van der Waals surface area contributed by atoms with Crippen LogP contribution in [0.4, 0.5) is 0 Å². The molecule has 2 aromatic rings. The summed E-state index contributed by atoms with van der Waals surface area (Å²) in [6, 6.07) is 12.9. The largest absolute Gasteiger partial charge is 0.392 e. The van der Waals surface area contributed by atoms with Gasteiger partial charge in [0.25, 0.3) is 0 Å². The number of benzene rings is 2. The van der Waals surface area contributed by atoms with E-state index >= 15 is 0 Å². The van der Waals surface area contributed by atoms with Crippen molar-refractivity contribution >= 4 is 21.6 Å². The van der Waals surface area contributed by atoms with Crippen molar-refractivity contribution in [2.75, 3.05) is 0 Å². The normalized spacial score (nSPS) is 13.1. The van der Waals surface area contributed by atoms with Crippen LogP contribution in [0.5, 0.6) is 0 Å². The second kappa shape index (κ2) is 6.58. The lowest BCUT2D eigenvalue weighted by molar-refractivity contribution is 0.278. The minimum Gasteiger partial charge on any atom is -0.392 e. The molecular weight excluding hydrogens is 310 g/mol. The molecule has 2 N–H and O–H groups in total. The molecular formula is C15H16ClNO3S. The molecule has 0 aromatic heterocycles. The Labute approximate surface area is 129 Å². The quantitative estimate of drug-likeness (QED) is 0.888. The van der Waals surface area contributed by atoms with Gasteiger partial charge < -0.3 is 5.11 Å². The van der Waals surface area contributed by atoms with Crippen molar-refractivity contribution in [3.63, 3.8) is 0 Å². The van der Waals surface area contributed by atoms with E-state index in [4.69, 9.17) is 11.6 Å². The molecule has 112 valence electrons. The van der Waals surface area contributed by atoms with Crippen molar-refractivity contribution in [1.82, 2.24) is 4.72 Å². The Morgan fingerprint density at radius 3 is 2.43 bits per heavy atom. The van der Waals surface area contributed by atoms with E-state index in [1.807, 2.05) is 0 Å². The van der Waals surface area contributed by atoms with Gasteiger partial charge in [0.15, 0.2) is 0 Å². The number of aliphatic hydroxyl groups is 1. The molecule has 0 aliphatic carbocycles. The van der Waals surface area contributed by atoms with E-state index in [0.717, 1.165) is 0 Å². The summed E-state index contributed by atoms with van der Waals surface area (Å²) in [5.41, 5.74) is 1.06. The maximum absolute atomic E-state index is 12.4. The summed E-state index contributed by atoms with van der Waals surface area (Å²) in [7, 11) is -3.74. The number of nitrogens with one attached hydrogen (secondary N) is 1.